The number of fused-ring (bicyclic) bond motifs is 1. The Bertz CT molecular complexity index is 308. The zero-order chi connectivity index (χ0) is 13.1. The van der Waals surface area contributed by atoms with E-state index in [9.17, 15) is 4.79 Å². The molecule has 3 fully saturated rings. The molecule has 0 aromatic carbocycles. The molecule has 2 nitrogen and oxygen atoms in total. The first-order valence-corrected chi connectivity index (χ1v) is 8.50. The molecule has 2 aliphatic carbocycles. The minimum absolute atomic E-state index is 0.0136. The predicted octanol–water partition coefficient (Wildman–Crippen LogP) is 3.65. The van der Waals surface area contributed by atoms with Crippen molar-refractivity contribution >= 4 is 6.29 Å². The molecule has 0 N–H and O–H groups in total. The van der Waals surface area contributed by atoms with Crippen LogP contribution in [0.25, 0.3) is 0 Å². The van der Waals surface area contributed by atoms with Gasteiger partial charge in [0.25, 0.3) is 0 Å². The topological polar surface area (TPSA) is 20.3 Å². The second-order valence-electron chi connectivity index (χ2n) is 7.37. The van der Waals surface area contributed by atoms with E-state index in [0.717, 1.165) is 31.2 Å². The first-order valence-electron chi connectivity index (χ1n) is 8.50. The minimum Gasteiger partial charge on any atom is -0.303 e. The van der Waals surface area contributed by atoms with E-state index in [1.54, 1.807) is 0 Å². The average Bonchev–Trinajstić information content (AvgIpc) is 2.48. The largest absolute Gasteiger partial charge is 0.303 e. The second-order valence-corrected chi connectivity index (χ2v) is 7.37. The van der Waals surface area contributed by atoms with Crippen molar-refractivity contribution in [3.05, 3.63) is 0 Å². The van der Waals surface area contributed by atoms with Crippen molar-refractivity contribution in [2.75, 3.05) is 19.6 Å². The molecule has 2 atom stereocenters. The molecule has 2 heteroatoms. The number of rotatable bonds is 3. The molecule has 0 bridgehead atoms. The van der Waals surface area contributed by atoms with E-state index < -0.39 is 0 Å². The van der Waals surface area contributed by atoms with Crippen LogP contribution < -0.4 is 0 Å². The number of nitrogens with zero attached hydrogens (tertiary/aromatic N) is 1. The van der Waals surface area contributed by atoms with Crippen molar-refractivity contribution in [3.63, 3.8) is 0 Å². The first-order chi connectivity index (χ1) is 9.31. The molecule has 1 aliphatic heterocycles. The molecular formula is C17H29NO. The van der Waals surface area contributed by atoms with Crippen LogP contribution in [0.2, 0.25) is 0 Å². The Labute approximate surface area is 117 Å². The van der Waals surface area contributed by atoms with Crippen LogP contribution in [0.1, 0.15) is 64.2 Å². The molecule has 0 aromatic heterocycles. The van der Waals surface area contributed by atoms with Gasteiger partial charge in [-0.3, -0.25) is 0 Å². The maximum atomic E-state index is 11.6. The summed E-state index contributed by atoms with van der Waals surface area (Å²) in [6, 6.07) is 0. The molecule has 0 spiro atoms. The maximum absolute atomic E-state index is 11.6. The molecule has 0 amide bonds. The molecule has 3 aliphatic rings. The van der Waals surface area contributed by atoms with Crippen molar-refractivity contribution in [1.29, 1.82) is 0 Å². The molecular weight excluding hydrogens is 234 g/mol. The minimum atomic E-state index is 0.0136. The van der Waals surface area contributed by atoms with Crippen LogP contribution in [0.3, 0.4) is 0 Å². The van der Waals surface area contributed by atoms with Crippen LogP contribution in [0, 0.1) is 17.3 Å². The van der Waals surface area contributed by atoms with E-state index in [1.165, 1.54) is 70.7 Å². The zero-order valence-corrected chi connectivity index (χ0v) is 12.3. The summed E-state index contributed by atoms with van der Waals surface area (Å²) in [5.74, 6) is 1.94. The molecule has 0 aromatic rings. The summed E-state index contributed by atoms with van der Waals surface area (Å²) in [5.41, 5.74) is 0.0136. The van der Waals surface area contributed by atoms with E-state index in [0.29, 0.717) is 0 Å². The van der Waals surface area contributed by atoms with Crippen LogP contribution >= 0.6 is 0 Å². The van der Waals surface area contributed by atoms with Gasteiger partial charge >= 0.3 is 0 Å². The van der Waals surface area contributed by atoms with Gasteiger partial charge in [-0.25, -0.2) is 0 Å². The van der Waals surface area contributed by atoms with Gasteiger partial charge in [0.2, 0.25) is 0 Å². The van der Waals surface area contributed by atoms with E-state index >= 15 is 0 Å². The van der Waals surface area contributed by atoms with Gasteiger partial charge in [-0.05, 0) is 44.1 Å². The highest BCUT2D eigenvalue weighted by Crippen LogP contribution is 2.39. The normalized spacial score (nSPS) is 35.6. The fourth-order valence-electron chi connectivity index (χ4n) is 4.83. The van der Waals surface area contributed by atoms with Crippen LogP contribution in [-0.4, -0.2) is 30.8 Å². The molecule has 2 unspecified atom stereocenters. The summed E-state index contributed by atoms with van der Waals surface area (Å²) in [6.45, 7) is 3.58. The number of piperidine rings is 1. The quantitative estimate of drug-likeness (QED) is 0.724. The van der Waals surface area contributed by atoms with Gasteiger partial charge in [0.05, 0.1) is 0 Å². The van der Waals surface area contributed by atoms with E-state index in [-0.39, 0.29) is 5.41 Å². The molecule has 1 saturated heterocycles. The summed E-state index contributed by atoms with van der Waals surface area (Å²) in [4.78, 5) is 14.2. The van der Waals surface area contributed by atoms with Gasteiger partial charge in [-0.15, -0.1) is 0 Å². The third-order valence-corrected chi connectivity index (χ3v) is 6.01. The summed E-state index contributed by atoms with van der Waals surface area (Å²) >= 11 is 0. The summed E-state index contributed by atoms with van der Waals surface area (Å²) in [7, 11) is 0. The van der Waals surface area contributed by atoms with Crippen LogP contribution in [0.4, 0.5) is 0 Å². The summed E-state index contributed by atoms with van der Waals surface area (Å²) < 4.78 is 0. The van der Waals surface area contributed by atoms with Crippen LogP contribution in [0.15, 0.2) is 0 Å². The van der Waals surface area contributed by atoms with Crippen molar-refractivity contribution in [2.45, 2.75) is 64.2 Å². The lowest BCUT2D eigenvalue weighted by atomic mass is 9.72. The van der Waals surface area contributed by atoms with Gasteiger partial charge in [0, 0.05) is 18.5 Å². The Kier molecular flexibility index (Phi) is 4.26. The SMILES string of the molecule is O=CC1(CN2CCC3CCCCC3C2)CCCCC1. The van der Waals surface area contributed by atoms with Crippen molar-refractivity contribution < 1.29 is 4.79 Å². The molecule has 108 valence electrons. The second kappa shape index (κ2) is 5.95. The lowest BCUT2D eigenvalue weighted by Crippen LogP contribution is -2.47. The van der Waals surface area contributed by atoms with Gasteiger partial charge < -0.3 is 9.69 Å². The highest BCUT2D eigenvalue weighted by Gasteiger charge is 2.37. The van der Waals surface area contributed by atoms with Crippen molar-refractivity contribution in [1.82, 2.24) is 4.90 Å². The number of carbonyl (C=O) groups excluding carboxylic acids is 1. The standard InChI is InChI=1S/C17H29NO/c19-14-17(9-4-1-5-10-17)13-18-11-8-15-6-2-3-7-16(15)12-18/h14-16H,1-13H2. The predicted molar refractivity (Wildman–Crippen MR) is 78.1 cm³/mol. The maximum Gasteiger partial charge on any atom is 0.127 e. The monoisotopic (exact) mass is 263 g/mol. The number of carbonyl (C=O) groups is 1. The zero-order valence-electron chi connectivity index (χ0n) is 12.3. The van der Waals surface area contributed by atoms with Gasteiger partial charge in [0.15, 0.2) is 0 Å². The molecule has 0 radical (unpaired) electrons. The third kappa shape index (κ3) is 3.04. The Hall–Kier alpha value is -0.370. The lowest BCUT2D eigenvalue weighted by Gasteiger charge is -2.45. The van der Waals surface area contributed by atoms with Gasteiger partial charge in [-0.2, -0.15) is 0 Å². The number of hydrogen-bond acceptors (Lipinski definition) is 2. The fourth-order valence-corrected chi connectivity index (χ4v) is 4.83. The van der Waals surface area contributed by atoms with Crippen molar-refractivity contribution in [2.24, 2.45) is 17.3 Å². The Morgan fingerprint density at radius 2 is 1.68 bits per heavy atom. The third-order valence-electron chi connectivity index (χ3n) is 6.01. The van der Waals surface area contributed by atoms with Gasteiger partial charge in [-0.1, -0.05) is 38.5 Å². The Balaban J connectivity index is 1.58. The number of likely N-dealkylation sites (tertiary alicyclic amines) is 1. The van der Waals surface area contributed by atoms with Crippen LogP contribution in [0.5, 0.6) is 0 Å². The molecule has 1 heterocycles. The van der Waals surface area contributed by atoms with E-state index in [2.05, 4.69) is 4.90 Å². The summed E-state index contributed by atoms with van der Waals surface area (Å²) in [5, 5.41) is 0. The van der Waals surface area contributed by atoms with Gasteiger partial charge in [0.1, 0.15) is 6.29 Å². The smallest absolute Gasteiger partial charge is 0.127 e. The number of aldehydes is 1. The lowest BCUT2D eigenvalue weighted by molar-refractivity contribution is -0.119. The highest BCUT2D eigenvalue weighted by atomic mass is 16.1. The summed E-state index contributed by atoms with van der Waals surface area (Å²) in [6.07, 6.45) is 14.6. The molecule has 3 rings (SSSR count). The number of hydrogen-bond donors (Lipinski definition) is 0. The Morgan fingerprint density at radius 3 is 2.42 bits per heavy atom. The highest BCUT2D eigenvalue weighted by molar-refractivity contribution is 5.60. The average molecular weight is 263 g/mol. The molecule has 19 heavy (non-hydrogen) atoms. The van der Waals surface area contributed by atoms with Crippen LogP contribution in [-0.2, 0) is 4.79 Å². The van der Waals surface area contributed by atoms with E-state index in [1.807, 2.05) is 0 Å². The first kappa shape index (κ1) is 13.6. The van der Waals surface area contributed by atoms with Crippen molar-refractivity contribution in [3.8, 4) is 0 Å². The molecule has 2 saturated carbocycles. The Morgan fingerprint density at radius 1 is 0.947 bits per heavy atom. The van der Waals surface area contributed by atoms with E-state index in [4.69, 9.17) is 0 Å². The fraction of sp³-hybridized carbons (Fsp3) is 0.941.